The number of fused-ring (bicyclic) bond motifs is 3. The summed E-state index contributed by atoms with van der Waals surface area (Å²) >= 11 is 0. The quantitative estimate of drug-likeness (QED) is 0.174. The van der Waals surface area contributed by atoms with Crippen LogP contribution in [0.4, 0.5) is 17.1 Å². The van der Waals surface area contributed by atoms with E-state index in [1.165, 1.54) is 22.3 Å². The number of para-hydroxylation sites is 1. The van der Waals surface area contributed by atoms with Gasteiger partial charge in [-0.3, -0.25) is 0 Å². The predicted molar refractivity (Wildman–Crippen MR) is 208 cm³/mol. The first-order valence-corrected chi connectivity index (χ1v) is 16.9. The average Bonchev–Trinajstić information content (AvgIpc) is 3.65. The van der Waals surface area contributed by atoms with Crippen molar-refractivity contribution in [2.75, 3.05) is 4.90 Å². The molecule has 0 radical (unpaired) electrons. The van der Waals surface area contributed by atoms with Gasteiger partial charge >= 0.3 is 0 Å². The number of hydrogen-bond acceptors (Lipinski definition) is 3. The van der Waals surface area contributed by atoms with Crippen molar-refractivity contribution in [1.82, 2.24) is 4.98 Å². The Morgan fingerprint density at radius 2 is 0.780 bits per heavy atom. The minimum atomic E-state index is 0.640. The van der Waals surface area contributed by atoms with Gasteiger partial charge in [-0.2, -0.15) is 0 Å². The number of oxazole rings is 1. The summed E-state index contributed by atoms with van der Waals surface area (Å²) in [6, 6.07) is 68.2. The number of anilines is 3. The molecule has 0 aliphatic heterocycles. The number of rotatable bonds is 7. The van der Waals surface area contributed by atoms with Crippen LogP contribution < -0.4 is 4.90 Å². The molecule has 1 heterocycles. The van der Waals surface area contributed by atoms with Gasteiger partial charge in [-0.25, -0.2) is 4.98 Å². The SMILES string of the molecule is c1ccc(-c2ccc(N(c3ccccc3)c3ccc(-c4ccc(-c5ccc6ccc7oc(-c8ccccc8)nc7c6c5)cc4)cc3)cc2)cc1. The summed E-state index contributed by atoms with van der Waals surface area (Å²) in [6.07, 6.45) is 0. The first-order chi connectivity index (χ1) is 24.8. The molecule has 0 aliphatic rings. The molecule has 3 nitrogen and oxygen atoms in total. The second-order valence-electron chi connectivity index (χ2n) is 12.4. The van der Waals surface area contributed by atoms with Gasteiger partial charge in [0.05, 0.1) is 0 Å². The highest BCUT2D eigenvalue weighted by atomic mass is 16.3. The Hall–Kier alpha value is -6.71. The molecule has 0 atom stereocenters. The molecule has 0 bridgehead atoms. The monoisotopic (exact) mass is 640 g/mol. The minimum absolute atomic E-state index is 0.640. The van der Waals surface area contributed by atoms with Crippen LogP contribution in [-0.4, -0.2) is 4.98 Å². The smallest absolute Gasteiger partial charge is 0.227 e. The zero-order chi connectivity index (χ0) is 33.3. The van der Waals surface area contributed by atoms with Crippen LogP contribution in [0.3, 0.4) is 0 Å². The van der Waals surface area contributed by atoms with E-state index in [-0.39, 0.29) is 0 Å². The van der Waals surface area contributed by atoms with E-state index in [1.54, 1.807) is 0 Å². The first kappa shape index (κ1) is 29.4. The van der Waals surface area contributed by atoms with E-state index in [1.807, 2.05) is 36.4 Å². The van der Waals surface area contributed by atoms with E-state index >= 15 is 0 Å². The Morgan fingerprint density at radius 1 is 0.360 bits per heavy atom. The van der Waals surface area contributed by atoms with Crippen LogP contribution in [0.25, 0.3) is 66.7 Å². The summed E-state index contributed by atoms with van der Waals surface area (Å²) in [6.45, 7) is 0. The molecule has 0 N–H and O–H groups in total. The lowest BCUT2D eigenvalue weighted by Gasteiger charge is -2.26. The van der Waals surface area contributed by atoms with Crippen molar-refractivity contribution in [3.8, 4) is 44.8 Å². The summed E-state index contributed by atoms with van der Waals surface area (Å²) in [5, 5.41) is 2.23. The lowest BCUT2D eigenvalue weighted by atomic mass is 9.98. The minimum Gasteiger partial charge on any atom is -0.436 e. The molecule has 0 unspecified atom stereocenters. The molecule has 9 aromatic rings. The van der Waals surface area contributed by atoms with Crippen molar-refractivity contribution < 1.29 is 4.42 Å². The molecule has 236 valence electrons. The molecular weight excluding hydrogens is 609 g/mol. The van der Waals surface area contributed by atoms with Gasteiger partial charge in [0, 0.05) is 28.0 Å². The second kappa shape index (κ2) is 12.7. The Bertz CT molecular complexity index is 2540. The molecule has 3 heteroatoms. The molecular formula is C47H32N2O. The van der Waals surface area contributed by atoms with Crippen LogP contribution in [0, 0.1) is 0 Å². The molecule has 0 fully saturated rings. The highest BCUT2D eigenvalue weighted by Gasteiger charge is 2.14. The third-order valence-corrected chi connectivity index (χ3v) is 9.32. The fourth-order valence-electron chi connectivity index (χ4n) is 6.71. The van der Waals surface area contributed by atoms with Crippen LogP contribution in [0.15, 0.2) is 199 Å². The zero-order valence-electron chi connectivity index (χ0n) is 27.3. The summed E-state index contributed by atoms with van der Waals surface area (Å²) in [5.41, 5.74) is 13.1. The Kier molecular flexibility index (Phi) is 7.49. The fourth-order valence-corrected chi connectivity index (χ4v) is 6.71. The van der Waals surface area contributed by atoms with Crippen LogP contribution in [0.2, 0.25) is 0 Å². The van der Waals surface area contributed by atoms with Gasteiger partial charge in [-0.15, -0.1) is 0 Å². The molecule has 0 saturated carbocycles. The van der Waals surface area contributed by atoms with Crippen molar-refractivity contribution in [2.45, 2.75) is 0 Å². The fraction of sp³-hybridized carbons (Fsp3) is 0. The molecule has 8 aromatic carbocycles. The maximum absolute atomic E-state index is 6.15. The molecule has 1 aromatic heterocycles. The van der Waals surface area contributed by atoms with E-state index < -0.39 is 0 Å². The number of aromatic nitrogens is 1. The number of hydrogen-bond donors (Lipinski definition) is 0. The Labute approximate surface area is 291 Å². The van der Waals surface area contributed by atoms with E-state index in [0.29, 0.717) is 5.89 Å². The van der Waals surface area contributed by atoms with Gasteiger partial charge < -0.3 is 9.32 Å². The van der Waals surface area contributed by atoms with Crippen LogP contribution in [-0.2, 0) is 0 Å². The van der Waals surface area contributed by atoms with Crippen LogP contribution >= 0.6 is 0 Å². The third-order valence-electron chi connectivity index (χ3n) is 9.32. The summed E-state index contributed by atoms with van der Waals surface area (Å²) in [4.78, 5) is 7.21. The van der Waals surface area contributed by atoms with E-state index in [0.717, 1.165) is 55.6 Å². The largest absolute Gasteiger partial charge is 0.436 e. The summed E-state index contributed by atoms with van der Waals surface area (Å²) < 4.78 is 6.15. The molecule has 0 saturated heterocycles. The molecule has 0 spiro atoms. The third kappa shape index (κ3) is 5.61. The molecule has 50 heavy (non-hydrogen) atoms. The Balaban J connectivity index is 0.999. The van der Waals surface area contributed by atoms with Gasteiger partial charge in [0.15, 0.2) is 5.58 Å². The lowest BCUT2D eigenvalue weighted by Crippen LogP contribution is -2.09. The molecule has 0 aliphatic carbocycles. The second-order valence-corrected chi connectivity index (χ2v) is 12.4. The van der Waals surface area contributed by atoms with Crippen molar-refractivity contribution >= 4 is 38.9 Å². The highest BCUT2D eigenvalue weighted by Crippen LogP contribution is 2.37. The van der Waals surface area contributed by atoms with E-state index in [4.69, 9.17) is 9.40 Å². The first-order valence-electron chi connectivity index (χ1n) is 16.9. The number of nitrogens with zero attached hydrogens (tertiary/aromatic N) is 2. The topological polar surface area (TPSA) is 29.3 Å². The lowest BCUT2D eigenvalue weighted by molar-refractivity contribution is 0.620. The maximum Gasteiger partial charge on any atom is 0.227 e. The van der Waals surface area contributed by atoms with Crippen molar-refractivity contribution in [3.63, 3.8) is 0 Å². The highest BCUT2D eigenvalue weighted by molar-refractivity contribution is 6.05. The maximum atomic E-state index is 6.15. The van der Waals surface area contributed by atoms with Gasteiger partial charge in [-0.05, 0) is 99.4 Å². The van der Waals surface area contributed by atoms with Crippen LogP contribution in [0.1, 0.15) is 0 Å². The summed E-state index contributed by atoms with van der Waals surface area (Å²) in [5.74, 6) is 0.640. The molecule has 0 amide bonds. The Morgan fingerprint density at radius 3 is 1.36 bits per heavy atom. The molecule has 9 rings (SSSR count). The standard InChI is InChI=1S/C47H32N2O/c1-4-10-33(11-5-1)35-22-27-42(28-23-35)49(41-14-8-3-9-15-41)43-29-24-36(25-30-43)34-16-18-37(19-17-34)40-21-20-38-26-31-45-46(44(38)32-40)48-47(50-45)39-12-6-2-7-13-39/h1-32H. The van der Waals surface area contributed by atoms with E-state index in [2.05, 4.69) is 163 Å². The van der Waals surface area contributed by atoms with Crippen molar-refractivity contribution in [2.24, 2.45) is 0 Å². The zero-order valence-corrected chi connectivity index (χ0v) is 27.3. The van der Waals surface area contributed by atoms with Gasteiger partial charge in [0.25, 0.3) is 0 Å². The average molecular weight is 641 g/mol. The van der Waals surface area contributed by atoms with Crippen molar-refractivity contribution in [3.05, 3.63) is 194 Å². The number of benzene rings is 8. The normalized spacial score (nSPS) is 11.2. The van der Waals surface area contributed by atoms with Gasteiger partial charge in [0.2, 0.25) is 5.89 Å². The van der Waals surface area contributed by atoms with Gasteiger partial charge in [0.1, 0.15) is 5.52 Å². The summed E-state index contributed by atoms with van der Waals surface area (Å²) in [7, 11) is 0. The van der Waals surface area contributed by atoms with E-state index in [9.17, 15) is 0 Å². The van der Waals surface area contributed by atoms with Crippen LogP contribution in [0.5, 0.6) is 0 Å². The van der Waals surface area contributed by atoms with Crippen molar-refractivity contribution in [1.29, 1.82) is 0 Å². The predicted octanol–water partition coefficient (Wildman–Crippen LogP) is 13.1. The van der Waals surface area contributed by atoms with Gasteiger partial charge in [-0.1, -0.05) is 133 Å².